The molecule has 0 spiro atoms. The van der Waals surface area contributed by atoms with Gasteiger partial charge in [-0.1, -0.05) is 40.0 Å². The lowest BCUT2D eigenvalue weighted by Crippen LogP contribution is -2.43. The molecule has 1 nitrogen and oxygen atoms in total. The Morgan fingerprint density at radius 3 is 2.28 bits per heavy atom. The van der Waals surface area contributed by atoms with Gasteiger partial charge in [0.2, 0.25) is 0 Å². The van der Waals surface area contributed by atoms with Crippen LogP contribution in [0.25, 0.3) is 0 Å². The summed E-state index contributed by atoms with van der Waals surface area (Å²) in [6.07, 6.45) is 13.0. The molecule has 2 aliphatic carbocycles. The lowest BCUT2D eigenvalue weighted by molar-refractivity contribution is 0.201. The Hall–Kier alpha value is -0.0400. The molecule has 18 heavy (non-hydrogen) atoms. The van der Waals surface area contributed by atoms with Gasteiger partial charge in [-0.3, -0.25) is 0 Å². The maximum atomic E-state index is 3.98. The lowest BCUT2D eigenvalue weighted by Gasteiger charge is -2.36. The molecule has 0 aromatic carbocycles. The summed E-state index contributed by atoms with van der Waals surface area (Å²) in [4.78, 5) is 0. The Balaban J connectivity index is 1.71. The molecule has 0 aliphatic heterocycles. The third-order valence-corrected chi connectivity index (χ3v) is 5.55. The molecular formula is C17H33N. The predicted molar refractivity (Wildman–Crippen MR) is 79.8 cm³/mol. The highest BCUT2D eigenvalue weighted by molar-refractivity contribution is 4.84. The maximum Gasteiger partial charge on any atom is 0.00722 e. The zero-order valence-electron chi connectivity index (χ0n) is 12.8. The molecule has 0 aromatic rings. The Morgan fingerprint density at radius 2 is 1.67 bits per heavy atom. The highest BCUT2D eigenvalue weighted by Gasteiger charge is 2.27. The minimum Gasteiger partial charge on any atom is -0.311 e. The van der Waals surface area contributed by atoms with Crippen LogP contribution in [-0.2, 0) is 0 Å². The van der Waals surface area contributed by atoms with Crippen LogP contribution in [0.1, 0.15) is 78.6 Å². The minimum atomic E-state index is 0.834. The molecule has 0 amide bonds. The molecule has 0 aromatic heterocycles. The SMILES string of the molecule is CCC1CCCC(NC2CCC(C(C)C)CC2)C1. The monoisotopic (exact) mass is 251 g/mol. The van der Waals surface area contributed by atoms with Gasteiger partial charge in [0.05, 0.1) is 0 Å². The van der Waals surface area contributed by atoms with E-state index in [2.05, 4.69) is 26.1 Å². The summed E-state index contributed by atoms with van der Waals surface area (Å²) in [5.74, 6) is 2.89. The van der Waals surface area contributed by atoms with Gasteiger partial charge in [-0.2, -0.15) is 0 Å². The summed E-state index contributed by atoms with van der Waals surface area (Å²) >= 11 is 0. The average molecular weight is 251 g/mol. The lowest BCUT2D eigenvalue weighted by atomic mass is 9.78. The van der Waals surface area contributed by atoms with Crippen molar-refractivity contribution in [3.63, 3.8) is 0 Å². The van der Waals surface area contributed by atoms with Crippen molar-refractivity contribution in [3.8, 4) is 0 Å². The van der Waals surface area contributed by atoms with Gasteiger partial charge in [-0.15, -0.1) is 0 Å². The molecule has 106 valence electrons. The quantitative estimate of drug-likeness (QED) is 0.759. The van der Waals surface area contributed by atoms with Gasteiger partial charge in [0.15, 0.2) is 0 Å². The summed E-state index contributed by atoms with van der Waals surface area (Å²) in [6, 6.07) is 1.67. The molecule has 0 heterocycles. The first-order valence-corrected chi connectivity index (χ1v) is 8.45. The van der Waals surface area contributed by atoms with E-state index < -0.39 is 0 Å². The minimum absolute atomic E-state index is 0.834. The zero-order valence-corrected chi connectivity index (χ0v) is 12.8. The van der Waals surface area contributed by atoms with Crippen LogP contribution in [-0.4, -0.2) is 12.1 Å². The van der Waals surface area contributed by atoms with E-state index in [1.54, 1.807) is 0 Å². The van der Waals surface area contributed by atoms with E-state index >= 15 is 0 Å². The fourth-order valence-corrected chi connectivity index (χ4v) is 4.10. The van der Waals surface area contributed by atoms with Gasteiger partial charge in [0.1, 0.15) is 0 Å². The molecule has 2 saturated carbocycles. The van der Waals surface area contributed by atoms with Crippen LogP contribution in [0.2, 0.25) is 0 Å². The Morgan fingerprint density at radius 1 is 0.944 bits per heavy atom. The molecule has 2 fully saturated rings. The highest BCUT2D eigenvalue weighted by atomic mass is 15.0. The molecule has 2 atom stereocenters. The second-order valence-corrected chi connectivity index (χ2v) is 7.16. The molecule has 2 aliphatic rings. The molecule has 1 heteroatoms. The van der Waals surface area contributed by atoms with Gasteiger partial charge >= 0.3 is 0 Å². The fourth-order valence-electron chi connectivity index (χ4n) is 4.10. The van der Waals surface area contributed by atoms with Crippen LogP contribution in [0.5, 0.6) is 0 Å². The van der Waals surface area contributed by atoms with Crippen molar-refractivity contribution in [2.24, 2.45) is 17.8 Å². The number of hydrogen-bond donors (Lipinski definition) is 1. The highest BCUT2D eigenvalue weighted by Crippen LogP contribution is 2.32. The van der Waals surface area contributed by atoms with Crippen molar-refractivity contribution in [2.75, 3.05) is 0 Å². The fraction of sp³-hybridized carbons (Fsp3) is 1.00. The van der Waals surface area contributed by atoms with E-state index in [-0.39, 0.29) is 0 Å². The van der Waals surface area contributed by atoms with Crippen molar-refractivity contribution < 1.29 is 0 Å². The van der Waals surface area contributed by atoms with Crippen molar-refractivity contribution in [2.45, 2.75) is 90.6 Å². The average Bonchev–Trinajstić information content (AvgIpc) is 2.39. The van der Waals surface area contributed by atoms with Gasteiger partial charge in [-0.25, -0.2) is 0 Å². The zero-order chi connectivity index (χ0) is 13.0. The van der Waals surface area contributed by atoms with Crippen molar-refractivity contribution >= 4 is 0 Å². The summed E-state index contributed by atoms with van der Waals surface area (Å²) in [6.45, 7) is 7.15. The predicted octanol–water partition coefficient (Wildman–Crippen LogP) is 4.76. The van der Waals surface area contributed by atoms with Gasteiger partial charge in [-0.05, 0) is 56.3 Å². The van der Waals surface area contributed by atoms with E-state index in [1.165, 1.54) is 57.8 Å². The molecule has 0 bridgehead atoms. The second-order valence-electron chi connectivity index (χ2n) is 7.16. The van der Waals surface area contributed by atoms with Crippen molar-refractivity contribution in [1.29, 1.82) is 0 Å². The second kappa shape index (κ2) is 6.93. The topological polar surface area (TPSA) is 12.0 Å². The Kier molecular flexibility index (Phi) is 5.54. The Bertz CT molecular complexity index is 228. The smallest absolute Gasteiger partial charge is 0.00722 e. The molecular weight excluding hydrogens is 218 g/mol. The summed E-state index contributed by atoms with van der Waals surface area (Å²) in [5.41, 5.74) is 0. The standard InChI is InChI=1S/C17H33N/c1-4-14-6-5-7-17(12-14)18-16-10-8-15(9-11-16)13(2)3/h13-18H,4-12H2,1-3H3. The normalized spacial score (nSPS) is 38.0. The van der Waals surface area contributed by atoms with E-state index in [4.69, 9.17) is 0 Å². The van der Waals surface area contributed by atoms with Crippen LogP contribution in [0, 0.1) is 17.8 Å². The van der Waals surface area contributed by atoms with E-state index in [0.717, 1.165) is 29.8 Å². The molecule has 1 N–H and O–H groups in total. The van der Waals surface area contributed by atoms with Gasteiger partial charge < -0.3 is 5.32 Å². The van der Waals surface area contributed by atoms with Crippen LogP contribution >= 0.6 is 0 Å². The van der Waals surface area contributed by atoms with E-state index in [0.29, 0.717) is 0 Å². The van der Waals surface area contributed by atoms with Gasteiger partial charge in [0.25, 0.3) is 0 Å². The summed E-state index contributed by atoms with van der Waals surface area (Å²) < 4.78 is 0. The number of hydrogen-bond acceptors (Lipinski definition) is 1. The van der Waals surface area contributed by atoms with Crippen LogP contribution in [0.3, 0.4) is 0 Å². The first-order valence-electron chi connectivity index (χ1n) is 8.45. The first kappa shape index (κ1) is 14.4. The van der Waals surface area contributed by atoms with Crippen LogP contribution < -0.4 is 5.32 Å². The molecule has 2 rings (SSSR count). The van der Waals surface area contributed by atoms with Crippen molar-refractivity contribution in [3.05, 3.63) is 0 Å². The van der Waals surface area contributed by atoms with Crippen LogP contribution in [0.4, 0.5) is 0 Å². The summed E-state index contributed by atoms with van der Waals surface area (Å²) in [5, 5.41) is 3.98. The van der Waals surface area contributed by atoms with Crippen LogP contribution in [0.15, 0.2) is 0 Å². The third kappa shape index (κ3) is 3.98. The molecule has 0 radical (unpaired) electrons. The molecule has 0 saturated heterocycles. The third-order valence-electron chi connectivity index (χ3n) is 5.55. The summed E-state index contributed by atoms with van der Waals surface area (Å²) in [7, 11) is 0. The number of nitrogens with one attached hydrogen (secondary N) is 1. The maximum absolute atomic E-state index is 3.98. The van der Waals surface area contributed by atoms with Gasteiger partial charge in [0, 0.05) is 12.1 Å². The first-order chi connectivity index (χ1) is 8.69. The molecule has 2 unspecified atom stereocenters. The largest absolute Gasteiger partial charge is 0.311 e. The Labute approximate surface area is 114 Å². The van der Waals surface area contributed by atoms with Crippen molar-refractivity contribution in [1.82, 2.24) is 5.32 Å². The number of rotatable bonds is 4. The van der Waals surface area contributed by atoms with E-state index in [1.807, 2.05) is 0 Å². The van der Waals surface area contributed by atoms with E-state index in [9.17, 15) is 0 Å².